The monoisotopic (exact) mass is 351 g/mol. The van der Waals surface area contributed by atoms with Gasteiger partial charge in [-0.15, -0.1) is 0 Å². The van der Waals surface area contributed by atoms with Crippen LogP contribution in [0.2, 0.25) is 0 Å². The van der Waals surface area contributed by atoms with E-state index in [0.29, 0.717) is 35.7 Å². The summed E-state index contributed by atoms with van der Waals surface area (Å²) in [5.74, 6) is 0.126. The fourth-order valence-electron chi connectivity index (χ4n) is 3.53. The molecule has 132 valence electrons. The predicted octanol–water partition coefficient (Wildman–Crippen LogP) is 3.17. The minimum Gasteiger partial charge on any atom is -0.347 e. The molecular weight excluding hydrogens is 333 g/mol. The van der Waals surface area contributed by atoms with E-state index in [9.17, 15) is 14.0 Å². The minimum atomic E-state index is -0.275. The maximum absolute atomic E-state index is 13.5. The molecule has 0 amide bonds. The lowest BCUT2D eigenvalue weighted by atomic mass is 10.1. The summed E-state index contributed by atoms with van der Waals surface area (Å²) >= 11 is 0. The van der Waals surface area contributed by atoms with Crippen molar-refractivity contribution < 1.29 is 9.18 Å². The van der Waals surface area contributed by atoms with Gasteiger partial charge in [0.2, 0.25) is 0 Å². The van der Waals surface area contributed by atoms with E-state index in [2.05, 4.69) is 4.98 Å². The number of benzene rings is 1. The molecule has 1 aromatic carbocycles. The van der Waals surface area contributed by atoms with Gasteiger partial charge in [-0.1, -0.05) is 6.07 Å². The lowest BCUT2D eigenvalue weighted by Crippen LogP contribution is -2.26. The maximum Gasteiger partial charge on any atom is 0.262 e. The Hall–Kier alpha value is -3.02. The quantitative estimate of drug-likeness (QED) is 0.666. The van der Waals surface area contributed by atoms with Crippen LogP contribution in [0.15, 0.2) is 35.3 Å². The first-order chi connectivity index (χ1) is 12.3. The first-order valence-electron chi connectivity index (χ1n) is 8.42. The van der Waals surface area contributed by atoms with E-state index >= 15 is 0 Å². The smallest absolute Gasteiger partial charge is 0.262 e. The average molecular weight is 351 g/mol. The Kier molecular flexibility index (Phi) is 3.64. The number of ketones is 1. The summed E-state index contributed by atoms with van der Waals surface area (Å²) in [4.78, 5) is 31.5. The van der Waals surface area contributed by atoms with Crippen molar-refractivity contribution in [2.45, 2.75) is 33.9 Å². The number of pyridine rings is 1. The zero-order valence-electron chi connectivity index (χ0n) is 14.8. The molecule has 3 aromatic rings. The fourth-order valence-corrected chi connectivity index (χ4v) is 3.53. The molecular formula is C20H18FN3O2. The first-order valence-corrected chi connectivity index (χ1v) is 8.42. The van der Waals surface area contributed by atoms with Crippen LogP contribution in [0.1, 0.15) is 39.5 Å². The number of anilines is 1. The number of aryl methyl sites for hydroxylation is 1. The summed E-state index contributed by atoms with van der Waals surface area (Å²) in [6.45, 7) is 6.08. The molecule has 0 aliphatic carbocycles. The molecule has 2 aromatic heterocycles. The molecule has 4 rings (SSSR count). The van der Waals surface area contributed by atoms with E-state index in [1.54, 1.807) is 25.3 Å². The number of Topliss-reactive ketones (excluding diaryl/α,β-unsaturated/α-hetero) is 1. The molecule has 1 aliphatic rings. The van der Waals surface area contributed by atoms with Crippen molar-refractivity contribution in [1.29, 1.82) is 0 Å². The third-order valence-electron chi connectivity index (χ3n) is 4.83. The molecule has 0 saturated heterocycles. The van der Waals surface area contributed by atoms with E-state index in [4.69, 9.17) is 0 Å². The predicted molar refractivity (Wildman–Crippen MR) is 97.2 cm³/mol. The molecule has 0 fully saturated rings. The van der Waals surface area contributed by atoms with Crippen molar-refractivity contribution >= 4 is 17.2 Å². The second-order valence-corrected chi connectivity index (χ2v) is 6.82. The third-order valence-corrected chi connectivity index (χ3v) is 4.83. The van der Waals surface area contributed by atoms with E-state index in [0.717, 1.165) is 16.7 Å². The fraction of sp³-hybridized carbons (Fsp3) is 0.250. The Labute approximate surface area is 149 Å². The van der Waals surface area contributed by atoms with Crippen molar-refractivity contribution in [1.82, 2.24) is 9.38 Å². The number of hydrogen-bond acceptors (Lipinski definition) is 4. The Bertz CT molecular complexity index is 1130. The zero-order valence-corrected chi connectivity index (χ0v) is 14.8. The Morgan fingerprint density at radius 1 is 1.15 bits per heavy atom. The summed E-state index contributed by atoms with van der Waals surface area (Å²) in [6, 6.07) is 6.47. The van der Waals surface area contributed by atoms with E-state index in [1.807, 2.05) is 11.8 Å². The second kappa shape index (κ2) is 5.76. The Balaban J connectivity index is 1.91. The maximum atomic E-state index is 13.5. The van der Waals surface area contributed by atoms with Crippen molar-refractivity contribution in [3.63, 3.8) is 0 Å². The molecule has 0 radical (unpaired) electrons. The van der Waals surface area contributed by atoms with E-state index in [1.165, 1.54) is 23.5 Å². The average Bonchev–Trinajstić information content (AvgIpc) is 3.00. The van der Waals surface area contributed by atoms with Crippen LogP contribution in [0.3, 0.4) is 0 Å². The number of aromatic nitrogens is 2. The molecule has 0 bridgehead atoms. The summed E-state index contributed by atoms with van der Waals surface area (Å²) in [6.07, 6.45) is 1.70. The highest BCUT2D eigenvalue weighted by molar-refractivity contribution is 6.00. The van der Waals surface area contributed by atoms with E-state index < -0.39 is 0 Å². The highest BCUT2D eigenvalue weighted by Crippen LogP contribution is 2.29. The number of carbonyl (C=O) groups is 1. The summed E-state index contributed by atoms with van der Waals surface area (Å²) in [5, 5.41) is 0. The van der Waals surface area contributed by atoms with Gasteiger partial charge in [-0.3, -0.25) is 14.0 Å². The van der Waals surface area contributed by atoms with Gasteiger partial charge in [0.1, 0.15) is 11.6 Å². The Morgan fingerprint density at radius 2 is 1.88 bits per heavy atom. The van der Waals surface area contributed by atoms with Crippen LogP contribution < -0.4 is 10.5 Å². The highest BCUT2D eigenvalue weighted by Gasteiger charge is 2.24. The lowest BCUT2D eigenvalue weighted by molar-refractivity contribution is 0.101. The number of rotatable bonds is 2. The zero-order chi connectivity index (χ0) is 18.6. The van der Waals surface area contributed by atoms with Crippen LogP contribution in [-0.4, -0.2) is 15.2 Å². The van der Waals surface area contributed by atoms with Gasteiger partial charge in [0, 0.05) is 19.3 Å². The van der Waals surface area contributed by atoms with Crippen LogP contribution in [0, 0.1) is 19.7 Å². The molecule has 6 heteroatoms. The second-order valence-electron chi connectivity index (χ2n) is 6.82. The van der Waals surface area contributed by atoms with Crippen LogP contribution in [0.4, 0.5) is 10.2 Å². The van der Waals surface area contributed by atoms with Crippen molar-refractivity contribution in [3.05, 3.63) is 74.5 Å². The van der Waals surface area contributed by atoms with Gasteiger partial charge >= 0.3 is 0 Å². The standard InChI is InChI=1S/C20H18FN3O2/c1-11-6-17(13(3)25)19-22-18(12(2)20(26)24(19)8-11)23-9-14-4-5-16(21)7-15(14)10-23/h4-8H,9-10H2,1-3H3. The number of nitrogens with zero attached hydrogens (tertiary/aromatic N) is 3. The van der Waals surface area contributed by atoms with Crippen LogP contribution in [0.25, 0.3) is 5.65 Å². The molecule has 5 nitrogen and oxygen atoms in total. The number of fused-ring (bicyclic) bond motifs is 2. The topological polar surface area (TPSA) is 54.7 Å². The van der Waals surface area contributed by atoms with Gasteiger partial charge in [-0.25, -0.2) is 9.37 Å². The molecule has 0 unspecified atom stereocenters. The van der Waals surface area contributed by atoms with Crippen molar-refractivity contribution in [2.24, 2.45) is 0 Å². The summed E-state index contributed by atoms with van der Waals surface area (Å²) in [7, 11) is 0. The lowest BCUT2D eigenvalue weighted by Gasteiger charge is -2.20. The van der Waals surface area contributed by atoms with Crippen LogP contribution in [0.5, 0.6) is 0 Å². The molecule has 3 heterocycles. The SMILES string of the molecule is CC(=O)c1cc(C)cn2c(=O)c(C)c(N3Cc4ccc(F)cc4C3)nc12. The first kappa shape index (κ1) is 16.4. The van der Waals surface area contributed by atoms with Crippen molar-refractivity contribution in [2.75, 3.05) is 4.90 Å². The number of halogens is 1. The van der Waals surface area contributed by atoms with Gasteiger partial charge in [0.25, 0.3) is 5.56 Å². The molecule has 0 saturated carbocycles. The highest BCUT2D eigenvalue weighted by atomic mass is 19.1. The summed E-state index contributed by atoms with van der Waals surface area (Å²) in [5.41, 5.74) is 3.82. The van der Waals surface area contributed by atoms with E-state index in [-0.39, 0.29) is 17.2 Å². The van der Waals surface area contributed by atoms with Crippen molar-refractivity contribution in [3.8, 4) is 0 Å². The van der Waals surface area contributed by atoms with Gasteiger partial charge < -0.3 is 4.90 Å². The molecule has 26 heavy (non-hydrogen) atoms. The third kappa shape index (κ3) is 2.49. The van der Waals surface area contributed by atoms with Crippen LogP contribution >= 0.6 is 0 Å². The largest absolute Gasteiger partial charge is 0.347 e. The molecule has 0 atom stereocenters. The Morgan fingerprint density at radius 3 is 2.62 bits per heavy atom. The minimum absolute atomic E-state index is 0.139. The van der Waals surface area contributed by atoms with Gasteiger partial charge in [-0.05, 0) is 55.7 Å². The molecule has 1 aliphatic heterocycles. The molecule has 0 spiro atoms. The summed E-state index contributed by atoms with van der Waals surface area (Å²) < 4.78 is 14.9. The molecule has 0 N–H and O–H groups in total. The number of carbonyl (C=O) groups excluding carboxylic acids is 1. The van der Waals surface area contributed by atoms with Gasteiger partial charge in [-0.2, -0.15) is 0 Å². The van der Waals surface area contributed by atoms with Gasteiger partial charge in [0.15, 0.2) is 11.4 Å². The number of hydrogen-bond donors (Lipinski definition) is 0. The van der Waals surface area contributed by atoms with Crippen LogP contribution in [-0.2, 0) is 13.1 Å². The van der Waals surface area contributed by atoms with Gasteiger partial charge in [0.05, 0.1) is 11.1 Å². The normalized spacial score (nSPS) is 13.3.